The van der Waals surface area contributed by atoms with Crippen LogP contribution < -0.4 is 10.6 Å². The Morgan fingerprint density at radius 2 is 1.58 bits per heavy atom. The van der Waals surface area contributed by atoms with Gasteiger partial charge in [-0.3, -0.25) is 9.59 Å². The molecule has 164 valence electrons. The van der Waals surface area contributed by atoms with Crippen LogP contribution in [0.5, 0.6) is 0 Å². The van der Waals surface area contributed by atoms with E-state index in [0.717, 1.165) is 22.3 Å². The van der Waals surface area contributed by atoms with Crippen molar-refractivity contribution >= 4 is 18.0 Å². The number of ether oxygens (including phenoxy) is 1. The summed E-state index contributed by atoms with van der Waals surface area (Å²) in [5, 5.41) is 14.1. The Hall–Kier alpha value is -3.35. The van der Waals surface area contributed by atoms with Crippen molar-refractivity contribution in [1.82, 2.24) is 10.6 Å². The summed E-state index contributed by atoms with van der Waals surface area (Å²) in [5.41, 5.74) is 4.51. The van der Waals surface area contributed by atoms with Crippen molar-refractivity contribution in [3.05, 3.63) is 59.7 Å². The maximum atomic E-state index is 12.5. The molecule has 3 N–H and O–H groups in total. The fraction of sp³-hybridized carbons (Fsp3) is 0.375. The molecule has 7 heteroatoms. The Labute approximate surface area is 181 Å². The van der Waals surface area contributed by atoms with Gasteiger partial charge in [0.15, 0.2) is 0 Å². The molecule has 0 radical (unpaired) electrons. The summed E-state index contributed by atoms with van der Waals surface area (Å²) in [7, 11) is 0. The van der Waals surface area contributed by atoms with E-state index in [2.05, 4.69) is 22.8 Å². The number of benzene rings is 2. The predicted octanol–water partition coefficient (Wildman–Crippen LogP) is 3.67. The molecule has 0 aromatic heterocycles. The number of nitrogens with one attached hydrogen (secondary N) is 2. The molecular weight excluding hydrogens is 396 g/mol. The molecule has 0 spiro atoms. The highest BCUT2D eigenvalue weighted by Gasteiger charge is 2.29. The SMILES string of the molecule is CCC[C@H](NC(=O)OCC1c2ccccc2-c2ccccc21)C(=O)N[C@@H](C)CC(=O)O. The molecule has 0 aliphatic heterocycles. The zero-order chi connectivity index (χ0) is 22.4. The first-order valence-corrected chi connectivity index (χ1v) is 10.5. The Kier molecular flexibility index (Phi) is 7.28. The fourth-order valence-corrected chi connectivity index (χ4v) is 4.00. The lowest BCUT2D eigenvalue weighted by atomic mass is 9.98. The summed E-state index contributed by atoms with van der Waals surface area (Å²) in [6, 6.07) is 14.8. The van der Waals surface area contributed by atoms with Gasteiger partial charge in [0.2, 0.25) is 5.91 Å². The van der Waals surface area contributed by atoms with E-state index in [1.54, 1.807) is 6.92 Å². The van der Waals surface area contributed by atoms with Crippen molar-refractivity contribution < 1.29 is 24.2 Å². The van der Waals surface area contributed by atoms with E-state index in [4.69, 9.17) is 9.84 Å². The highest BCUT2D eigenvalue weighted by Crippen LogP contribution is 2.44. The summed E-state index contributed by atoms with van der Waals surface area (Å²) in [5.74, 6) is -1.47. The van der Waals surface area contributed by atoms with Gasteiger partial charge in [-0.05, 0) is 35.6 Å². The predicted molar refractivity (Wildman–Crippen MR) is 117 cm³/mol. The highest BCUT2D eigenvalue weighted by atomic mass is 16.5. The molecular formula is C24H28N2O5. The lowest BCUT2D eigenvalue weighted by Crippen LogP contribution is -2.49. The topological polar surface area (TPSA) is 105 Å². The van der Waals surface area contributed by atoms with Crippen molar-refractivity contribution in [2.24, 2.45) is 0 Å². The van der Waals surface area contributed by atoms with Crippen LogP contribution in [0, 0.1) is 0 Å². The van der Waals surface area contributed by atoms with E-state index in [1.165, 1.54) is 0 Å². The molecule has 0 unspecified atom stereocenters. The average Bonchev–Trinajstić information content (AvgIpc) is 3.05. The largest absolute Gasteiger partial charge is 0.481 e. The third kappa shape index (κ3) is 5.42. The molecule has 0 fully saturated rings. The van der Waals surface area contributed by atoms with E-state index < -0.39 is 30.1 Å². The number of hydrogen-bond donors (Lipinski definition) is 3. The van der Waals surface area contributed by atoms with Gasteiger partial charge in [-0.2, -0.15) is 0 Å². The van der Waals surface area contributed by atoms with E-state index in [9.17, 15) is 14.4 Å². The molecule has 31 heavy (non-hydrogen) atoms. The number of carboxylic acids is 1. The van der Waals surface area contributed by atoms with Gasteiger partial charge in [-0.1, -0.05) is 61.9 Å². The first-order chi connectivity index (χ1) is 14.9. The number of hydrogen-bond acceptors (Lipinski definition) is 4. The Morgan fingerprint density at radius 1 is 1.00 bits per heavy atom. The van der Waals surface area contributed by atoms with Crippen LogP contribution in [-0.4, -0.2) is 41.8 Å². The van der Waals surface area contributed by atoms with Crippen LogP contribution in [-0.2, 0) is 14.3 Å². The second kappa shape index (κ2) is 10.1. The standard InChI is InChI=1S/C24H28N2O5/c1-3-8-21(23(29)25-15(2)13-22(27)28)26-24(30)31-14-20-18-11-6-4-9-16(18)17-10-5-7-12-19(17)20/h4-7,9-12,15,20-21H,3,8,13-14H2,1-2H3,(H,25,29)(H,26,30)(H,27,28)/t15-,21-/m0/s1. The summed E-state index contributed by atoms with van der Waals surface area (Å²) in [6.45, 7) is 3.68. The first kappa shape index (κ1) is 22.3. The van der Waals surface area contributed by atoms with Crippen LogP contribution in [0.15, 0.2) is 48.5 Å². The number of amides is 2. The molecule has 7 nitrogen and oxygen atoms in total. The monoisotopic (exact) mass is 424 g/mol. The molecule has 2 atom stereocenters. The third-order valence-corrected chi connectivity index (χ3v) is 5.40. The van der Waals surface area contributed by atoms with Crippen LogP contribution >= 0.6 is 0 Å². The second-order valence-corrected chi connectivity index (χ2v) is 7.82. The quantitative estimate of drug-likeness (QED) is 0.570. The minimum atomic E-state index is -0.996. The summed E-state index contributed by atoms with van der Waals surface area (Å²) in [6.07, 6.45) is 0.252. The zero-order valence-electron chi connectivity index (χ0n) is 17.8. The molecule has 2 aromatic rings. The smallest absolute Gasteiger partial charge is 0.407 e. The van der Waals surface area contributed by atoms with Crippen molar-refractivity contribution in [3.8, 4) is 11.1 Å². The Morgan fingerprint density at radius 3 is 2.13 bits per heavy atom. The van der Waals surface area contributed by atoms with Crippen LogP contribution in [0.2, 0.25) is 0 Å². The van der Waals surface area contributed by atoms with Crippen molar-refractivity contribution in [1.29, 1.82) is 0 Å². The minimum Gasteiger partial charge on any atom is -0.481 e. The molecule has 1 aliphatic rings. The molecule has 0 saturated carbocycles. The molecule has 2 amide bonds. The number of carbonyl (C=O) groups is 3. The Balaban J connectivity index is 1.62. The number of rotatable bonds is 9. The van der Waals surface area contributed by atoms with Crippen molar-refractivity contribution in [2.45, 2.75) is 51.1 Å². The number of carboxylic acid groups (broad SMARTS) is 1. The number of alkyl carbamates (subject to hydrolysis) is 1. The lowest BCUT2D eigenvalue weighted by molar-refractivity contribution is -0.137. The third-order valence-electron chi connectivity index (χ3n) is 5.40. The summed E-state index contributed by atoms with van der Waals surface area (Å²) >= 11 is 0. The fourth-order valence-electron chi connectivity index (χ4n) is 4.00. The highest BCUT2D eigenvalue weighted by molar-refractivity contribution is 5.86. The normalized spacial score (nSPS) is 14.1. The zero-order valence-corrected chi connectivity index (χ0v) is 17.8. The van der Waals surface area contributed by atoms with Crippen LogP contribution in [0.3, 0.4) is 0 Å². The molecule has 0 bridgehead atoms. The molecule has 3 rings (SSSR count). The van der Waals surface area contributed by atoms with Gasteiger partial charge < -0.3 is 20.5 Å². The number of carbonyl (C=O) groups excluding carboxylic acids is 2. The van der Waals surface area contributed by atoms with E-state index in [0.29, 0.717) is 12.8 Å². The number of fused-ring (bicyclic) bond motifs is 3. The number of aliphatic carboxylic acids is 1. The van der Waals surface area contributed by atoms with Gasteiger partial charge in [0.25, 0.3) is 0 Å². The van der Waals surface area contributed by atoms with Gasteiger partial charge in [-0.15, -0.1) is 0 Å². The van der Waals surface area contributed by atoms with Crippen LogP contribution in [0.4, 0.5) is 4.79 Å². The molecule has 0 heterocycles. The van der Waals surface area contributed by atoms with Gasteiger partial charge >= 0.3 is 12.1 Å². The van der Waals surface area contributed by atoms with E-state index in [1.807, 2.05) is 43.3 Å². The maximum absolute atomic E-state index is 12.5. The average molecular weight is 424 g/mol. The van der Waals surface area contributed by atoms with Gasteiger partial charge in [0.1, 0.15) is 12.6 Å². The van der Waals surface area contributed by atoms with Gasteiger partial charge in [-0.25, -0.2) is 4.79 Å². The van der Waals surface area contributed by atoms with Crippen molar-refractivity contribution in [2.75, 3.05) is 6.61 Å². The molecule has 0 saturated heterocycles. The minimum absolute atomic E-state index is 0.0628. The maximum Gasteiger partial charge on any atom is 0.407 e. The summed E-state index contributed by atoms with van der Waals surface area (Å²) < 4.78 is 5.51. The van der Waals surface area contributed by atoms with Crippen LogP contribution in [0.25, 0.3) is 11.1 Å². The van der Waals surface area contributed by atoms with Crippen LogP contribution in [0.1, 0.15) is 50.2 Å². The van der Waals surface area contributed by atoms with Crippen molar-refractivity contribution in [3.63, 3.8) is 0 Å². The lowest BCUT2D eigenvalue weighted by Gasteiger charge is -2.21. The molecule has 2 aromatic carbocycles. The van der Waals surface area contributed by atoms with E-state index >= 15 is 0 Å². The molecule has 1 aliphatic carbocycles. The summed E-state index contributed by atoms with van der Waals surface area (Å²) in [4.78, 5) is 35.8. The van der Waals surface area contributed by atoms with Gasteiger partial charge in [0.05, 0.1) is 6.42 Å². The second-order valence-electron chi connectivity index (χ2n) is 7.82. The van der Waals surface area contributed by atoms with Gasteiger partial charge in [0, 0.05) is 12.0 Å². The first-order valence-electron chi connectivity index (χ1n) is 10.5. The van der Waals surface area contributed by atoms with E-state index in [-0.39, 0.29) is 18.9 Å². The Bertz CT molecular complexity index is 913.